The molecule has 0 aromatic heterocycles. The minimum atomic E-state index is -1.30. The molecule has 0 atom stereocenters. The summed E-state index contributed by atoms with van der Waals surface area (Å²) in [6, 6.07) is 9.63. The predicted molar refractivity (Wildman–Crippen MR) is 172 cm³/mol. The number of carboxylic acids is 1. The molecule has 2 heterocycles. The summed E-state index contributed by atoms with van der Waals surface area (Å²) in [5.41, 5.74) is 1.04. The van der Waals surface area contributed by atoms with Crippen molar-refractivity contribution in [1.29, 1.82) is 5.26 Å². The Morgan fingerprint density at radius 2 is 1.51 bits per heavy atom. The summed E-state index contributed by atoms with van der Waals surface area (Å²) in [4.78, 5) is 28.8. The van der Waals surface area contributed by atoms with Crippen LogP contribution in [0.3, 0.4) is 0 Å². The topological polar surface area (TPSA) is 84.6 Å². The van der Waals surface area contributed by atoms with Gasteiger partial charge in [0, 0.05) is 64.8 Å². The summed E-state index contributed by atoms with van der Waals surface area (Å²) in [5, 5.41) is 18.9. The number of carboxylic acid groups (broad SMARTS) is 1. The lowest BCUT2D eigenvalue weighted by Crippen LogP contribution is -2.24. The lowest BCUT2D eigenvalue weighted by Gasteiger charge is -2.19. The molecule has 0 bridgehead atoms. The zero-order valence-electron chi connectivity index (χ0n) is 21.9. The van der Waals surface area contributed by atoms with E-state index in [1.54, 1.807) is 18.2 Å². The predicted octanol–water partition coefficient (Wildman–Crippen LogP) is 3.26. The molecular weight excluding hydrogens is 595 g/mol. The molecule has 0 radical (unpaired) electrons. The molecule has 43 heavy (non-hydrogen) atoms. The Balaban J connectivity index is 1.70. The van der Waals surface area contributed by atoms with Gasteiger partial charge in [-0.05, 0) is 78.1 Å². The number of carbonyl (C=O) groups is 2. The normalized spacial score (nSPS) is 13.5. The molecule has 1 N–H and O–H groups in total. The molecule has 198 valence electrons. The summed E-state index contributed by atoms with van der Waals surface area (Å²) < 4.78 is 0.267. The highest BCUT2D eigenvalue weighted by Crippen LogP contribution is 2.50. The zero-order valence-corrected chi connectivity index (χ0v) is 24.4. The summed E-state index contributed by atoms with van der Waals surface area (Å²) >= 11 is 7.87. The Morgan fingerprint density at radius 3 is 2.02 bits per heavy atom. The van der Waals surface area contributed by atoms with E-state index in [2.05, 4.69) is 101 Å². The van der Waals surface area contributed by atoms with E-state index in [4.69, 9.17) is 29.0 Å². The van der Waals surface area contributed by atoms with Crippen LogP contribution >= 0.6 is 35.7 Å². The van der Waals surface area contributed by atoms with E-state index in [1.165, 1.54) is 17.8 Å². The van der Waals surface area contributed by atoms with E-state index in [0.717, 1.165) is 27.2 Å². The number of amides is 1. The molecule has 2 aliphatic heterocycles. The molecule has 1 amide bonds. The van der Waals surface area contributed by atoms with Crippen molar-refractivity contribution in [3.63, 3.8) is 0 Å². The molecule has 6 nitrogen and oxygen atoms in total. The third kappa shape index (κ3) is 8.62. The van der Waals surface area contributed by atoms with Crippen molar-refractivity contribution < 1.29 is 14.7 Å². The van der Waals surface area contributed by atoms with Crippen LogP contribution in [0.1, 0.15) is 12.5 Å². The number of carbonyl (C=O) groups excluding carboxylic acids is 1. The first-order valence-corrected chi connectivity index (χ1v) is 13.7. The van der Waals surface area contributed by atoms with E-state index in [9.17, 15) is 9.59 Å². The second-order valence-electron chi connectivity index (χ2n) is 7.32. The summed E-state index contributed by atoms with van der Waals surface area (Å²) in [5.74, 6) is 37.6. The van der Waals surface area contributed by atoms with Gasteiger partial charge in [-0.1, -0.05) is 41.8 Å². The van der Waals surface area contributed by atoms with Gasteiger partial charge in [0.05, 0.1) is 5.69 Å². The smallest absolute Gasteiger partial charge is 0.346 e. The number of fused-ring (bicyclic) bond motifs is 1. The number of rotatable bonds is 3. The van der Waals surface area contributed by atoms with E-state index in [1.807, 2.05) is 17.9 Å². The van der Waals surface area contributed by atoms with Crippen molar-refractivity contribution >= 4 is 63.7 Å². The molecule has 1 saturated heterocycles. The van der Waals surface area contributed by atoms with Crippen LogP contribution in [0.15, 0.2) is 38.6 Å². The summed E-state index contributed by atoms with van der Waals surface area (Å²) in [6.07, 6.45) is 6.25. The monoisotopic (exact) mass is 605 g/mol. The first-order chi connectivity index (χ1) is 20.9. The third-order valence-electron chi connectivity index (χ3n) is 4.78. The van der Waals surface area contributed by atoms with E-state index < -0.39 is 5.97 Å². The SMILES string of the molecule is C#CC#CC#CC#CC#CC#CC#CC#CC#CN1C(=O)C(=C2Sc3cc(C=C(C#N)C(=O)O)ccc3N2CC)SC1=S. The van der Waals surface area contributed by atoms with Crippen LogP contribution < -0.4 is 4.90 Å². The van der Waals surface area contributed by atoms with Crippen molar-refractivity contribution in [3.8, 4) is 113 Å². The Labute approximate surface area is 263 Å². The van der Waals surface area contributed by atoms with Gasteiger partial charge in [-0.3, -0.25) is 4.79 Å². The van der Waals surface area contributed by atoms with Gasteiger partial charge in [0.25, 0.3) is 5.91 Å². The molecule has 0 aliphatic carbocycles. The molecule has 2 aliphatic rings. The Morgan fingerprint density at radius 1 is 0.953 bits per heavy atom. The fraction of sp³-hybridized carbons (Fsp3) is 0.0588. The van der Waals surface area contributed by atoms with Gasteiger partial charge in [0.15, 0.2) is 4.32 Å². The number of terminal acetylenes is 1. The number of thioether (sulfide) groups is 2. The van der Waals surface area contributed by atoms with Crippen LogP contribution in [-0.4, -0.2) is 32.7 Å². The Bertz CT molecular complexity index is 2120. The Hall–Kier alpha value is -6.24. The first kappa shape index (κ1) is 31.3. The number of thiocarbonyl (C=S) groups is 1. The van der Waals surface area contributed by atoms with Crippen LogP contribution in [0.25, 0.3) is 6.08 Å². The van der Waals surface area contributed by atoms with Gasteiger partial charge < -0.3 is 10.0 Å². The average Bonchev–Trinajstić information content (AvgIpc) is 3.50. The van der Waals surface area contributed by atoms with Gasteiger partial charge in [0.2, 0.25) is 0 Å². The number of nitrogens with zero attached hydrogens (tertiary/aromatic N) is 3. The minimum Gasteiger partial charge on any atom is -0.477 e. The lowest BCUT2D eigenvalue weighted by atomic mass is 10.1. The third-order valence-corrected chi connectivity index (χ3v) is 7.44. The van der Waals surface area contributed by atoms with Crippen molar-refractivity contribution in [3.05, 3.63) is 39.3 Å². The number of aliphatic carboxylic acids is 1. The number of hydrogen-bond acceptors (Lipinski definition) is 7. The average molecular weight is 606 g/mol. The standard InChI is InChI=1S/C34H11N3O3S3/c1-3-5-6-7-8-9-10-11-12-13-14-15-16-17-18-19-22-37-31(38)30(43-34(37)41)32-36(4-2)28-21-20-26(24-29(28)42-32)23-27(25-35)33(39)40/h1,20-21,23-24H,4H2,2H3,(H,39,40). The van der Waals surface area contributed by atoms with E-state index in [-0.39, 0.29) is 15.8 Å². The second kappa shape index (κ2) is 16.1. The fourth-order valence-corrected chi connectivity index (χ4v) is 5.71. The van der Waals surface area contributed by atoms with Crippen molar-refractivity contribution in [2.75, 3.05) is 11.4 Å². The van der Waals surface area contributed by atoms with Crippen LogP contribution in [0, 0.1) is 119 Å². The highest BCUT2D eigenvalue weighted by Gasteiger charge is 2.38. The fourth-order valence-electron chi connectivity index (χ4n) is 3.10. The Kier molecular flexibility index (Phi) is 11.7. The maximum atomic E-state index is 13.2. The maximum Gasteiger partial charge on any atom is 0.346 e. The zero-order chi connectivity index (χ0) is 31.0. The largest absolute Gasteiger partial charge is 0.477 e. The molecular formula is C34H11N3O3S3. The molecule has 3 rings (SSSR count). The van der Waals surface area contributed by atoms with E-state index in [0.29, 0.717) is 22.0 Å². The maximum absolute atomic E-state index is 13.2. The molecule has 1 aromatic carbocycles. The van der Waals surface area contributed by atoms with Gasteiger partial charge in [0.1, 0.15) is 21.6 Å². The second-order valence-corrected chi connectivity index (χ2v) is 10.00. The number of anilines is 1. The molecule has 0 unspecified atom stereocenters. The van der Waals surface area contributed by atoms with Crippen molar-refractivity contribution in [2.24, 2.45) is 0 Å². The van der Waals surface area contributed by atoms with Gasteiger partial charge >= 0.3 is 5.97 Å². The number of nitriles is 1. The summed E-state index contributed by atoms with van der Waals surface area (Å²) in [6.45, 7) is 2.52. The quantitative estimate of drug-likeness (QED) is 0.244. The molecule has 9 heteroatoms. The number of benzene rings is 1. The number of hydrogen-bond donors (Lipinski definition) is 1. The lowest BCUT2D eigenvalue weighted by molar-refractivity contribution is -0.132. The van der Waals surface area contributed by atoms with Crippen molar-refractivity contribution in [1.82, 2.24) is 4.90 Å². The van der Waals surface area contributed by atoms with E-state index >= 15 is 0 Å². The van der Waals surface area contributed by atoms with Crippen LogP contribution in [0.5, 0.6) is 0 Å². The van der Waals surface area contributed by atoms with Crippen LogP contribution in [-0.2, 0) is 9.59 Å². The van der Waals surface area contributed by atoms with Gasteiger partial charge in [-0.2, -0.15) is 5.26 Å². The van der Waals surface area contributed by atoms with Crippen LogP contribution in [0.2, 0.25) is 0 Å². The van der Waals surface area contributed by atoms with Gasteiger partial charge in [-0.15, -0.1) is 6.42 Å². The molecule has 0 saturated carbocycles. The van der Waals surface area contributed by atoms with Crippen LogP contribution in [0.4, 0.5) is 5.69 Å². The van der Waals surface area contributed by atoms with Gasteiger partial charge in [-0.25, -0.2) is 9.69 Å². The van der Waals surface area contributed by atoms with Crippen molar-refractivity contribution in [2.45, 2.75) is 11.8 Å². The minimum absolute atomic E-state index is 0.267. The highest BCUT2D eigenvalue weighted by atomic mass is 32.2. The molecule has 1 aromatic rings. The summed E-state index contributed by atoms with van der Waals surface area (Å²) in [7, 11) is 0. The molecule has 1 fully saturated rings. The molecule has 0 spiro atoms. The first-order valence-electron chi connectivity index (χ1n) is 11.6. The highest BCUT2D eigenvalue weighted by molar-refractivity contribution is 8.27.